The van der Waals surface area contributed by atoms with Crippen molar-refractivity contribution in [1.29, 1.82) is 0 Å². The van der Waals surface area contributed by atoms with Crippen molar-refractivity contribution in [3.8, 4) is 0 Å². The summed E-state index contributed by atoms with van der Waals surface area (Å²) in [6.07, 6.45) is 1.51. The lowest BCUT2D eigenvalue weighted by atomic mass is 10.3. The third-order valence-electron chi connectivity index (χ3n) is 2.49. The number of nitrogens with one attached hydrogen (secondary N) is 1. The van der Waals surface area contributed by atoms with Gasteiger partial charge in [0.05, 0.1) is 17.6 Å². The lowest BCUT2D eigenvalue weighted by Gasteiger charge is -2.02. The van der Waals surface area contributed by atoms with Crippen LogP contribution in [0.5, 0.6) is 0 Å². The van der Waals surface area contributed by atoms with E-state index in [1.807, 2.05) is 29.6 Å². The van der Waals surface area contributed by atoms with Crippen LogP contribution in [-0.4, -0.2) is 32.6 Å². The van der Waals surface area contributed by atoms with E-state index in [9.17, 15) is 4.79 Å². The molecule has 1 aromatic heterocycles. The molecule has 1 aliphatic heterocycles. The normalized spacial score (nSPS) is 20.6. The van der Waals surface area contributed by atoms with Crippen molar-refractivity contribution in [2.45, 2.75) is 0 Å². The minimum absolute atomic E-state index is 0.0529. The van der Waals surface area contributed by atoms with Crippen molar-refractivity contribution < 1.29 is 9.32 Å². The summed E-state index contributed by atoms with van der Waals surface area (Å²) in [4.78, 5) is 16.1. The zero-order chi connectivity index (χ0) is 13.9. The smallest absolute Gasteiger partial charge is 0.235 e. The first-order valence-electron chi connectivity index (χ1n) is 5.67. The van der Waals surface area contributed by atoms with Gasteiger partial charge in [0.15, 0.2) is 10.9 Å². The molecule has 2 heterocycles. The van der Waals surface area contributed by atoms with E-state index in [1.165, 1.54) is 6.20 Å². The Bertz CT molecular complexity index is 712. The molecule has 0 radical (unpaired) electrons. The van der Waals surface area contributed by atoms with Gasteiger partial charge in [-0.25, -0.2) is 4.99 Å². The molecule has 6 nitrogen and oxygen atoms in total. The summed E-state index contributed by atoms with van der Waals surface area (Å²) in [6.45, 7) is 0. The number of halogens is 1. The van der Waals surface area contributed by atoms with E-state index in [-0.39, 0.29) is 5.91 Å². The van der Waals surface area contributed by atoms with E-state index < -0.39 is 10.5 Å². The van der Waals surface area contributed by atoms with Gasteiger partial charge in [0, 0.05) is 15.1 Å². The second kappa shape index (κ2) is 5.68. The van der Waals surface area contributed by atoms with Crippen LogP contribution in [0.3, 0.4) is 0 Å². The van der Waals surface area contributed by atoms with Crippen LogP contribution < -0.4 is 5.32 Å². The summed E-state index contributed by atoms with van der Waals surface area (Å²) in [7, 11) is -0.464. The lowest BCUT2D eigenvalue weighted by Crippen LogP contribution is -2.20. The van der Waals surface area contributed by atoms with Crippen LogP contribution in [0.4, 0.5) is 5.69 Å². The highest BCUT2D eigenvalue weighted by Gasteiger charge is 2.22. The van der Waals surface area contributed by atoms with Gasteiger partial charge in [0.2, 0.25) is 5.91 Å². The molecule has 0 spiro atoms. The number of para-hydroxylation sites is 1. The molecule has 1 saturated heterocycles. The number of aromatic nitrogens is 2. The van der Waals surface area contributed by atoms with Gasteiger partial charge in [0.25, 0.3) is 0 Å². The van der Waals surface area contributed by atoms with Crippen LogP contribution in [0.15, 0.2) is 44.5 Å². The minimum atomic E-state index is -0.464. The van der Waals surface area contributed by atoms with Crippen LogP contribution in [0.25, 0.3) is 0 Å². The Hall–Kier alpha value is -1.80. The quantitative estimate of drug-likeness (QED) is 0.839. The van der Waals surface area contributed by atoms with E-state index in [0.717, 1.165) is 10.2 Å². The van der Waals surface area contributed by atoms with E-state index in [4.69, 9.17) is 4.52 Å². The number of aliphatic imine (C=N–C) groups is 1. The van der Waals surface area contributed by atoms with Crippen LogP contribution in [0.2, 0.25) is 0 Å². The van der Waals surface area contributed by atoms with E-state index in [2.05, 4.69) is 36.6 Å². The van der Waals surface area contributed by atoms with Crippen molar-refractivity contribution in [2.24, 2.45) is 4.99 Å². The molecule has 1 atom stereocenters. The fourth-order valence-corrected chi connectivity index (χ4v) is 3.54. The SMILES string of the molecule is O=C1CS(=Cc2cnno2)C(=Nc2ccccc2Br)N1. The molecule has 1 fully saturated rings. The Morgan fingerprint density at radius 3 is 3.05 bits per heavy atom. The molecule has 102 valence electrons. The molecular weight excluding hydrogens is 344 g/mol. The predicted octanol–water partition coefficient (Wildman–Crippen LogP) is 2.07. The van der Waals surface area contributed by atoms with Gasteiger partial charge in [-0.3, -0.25) is 4.79 Å². The summed E-state index contributed by atoms with van der Waals surface area (Å²) >= 11 is 3.43. The highest BCUT2D eigenvalue weighted by atomic mass is 79.9. The molecule has 0 bridgehead atoms. The molecule has 3 rings (SSSR count). The molecule has 1 aliphatic rings. The lowest BCUT2D eigenvalue weighted by molar-refractivity contribution is -0.116. The molecule has 1 aromatic carbocycles. The maximum atomic E-state index is 11.6. The number of rotatable bonds is 2. The standard InChI is InChI=1S/C12H9BrN4O2S/c13-9-3-1-2-4-10(9)15-12-16-11(18)7-20(12)6-8-5-14-17-19-8/h1-6H,7H2,(H,15,16,18). The second-order valence-corrected chi connectivity index (χ2v) is 6.55. The van der Waals surface area contributed by atoms with Crippen LogP contribution >= 0.6 is 26.4 Å². The number of hydrogen-bond acceptors (Lipinski definition) is 5. The van der Waals surface area contributed by atoms with E-state index in [0.29, 0.717) is 16.7 Å². The number of hydrogen-bond donors (Lipinski definition) is 1. The number of amidine groups is 1. The highest BCUT2D eigenvalue weighted by Crippen LogP contribution is 2.28. The maximum absolute atomic E-state index is 11.6. The molecule has 8 heteroatoms. The van der Waals surface area contributed by atoms with Gasteiger partial charge in [-0.15, -0.1) is 15.6 Å². The fraction of sp³-hybridized carbons (Fsp3) is 0.0833. The van der Waals surface area contributed by atoms with Crippen molar-refractivity contribution in [1.82, 2.24) is 15.7 Å². The highest BCUT2D eigenvalue weighted by molar-refractivity contribution is 9.10. The minimum Gasteiger partial charge on any atom is -0.337 e. The summed E-state index contributed by atoms with van der Waals surface area (Å²) in [5.74, 6) is 0.844. The first-order valence-corrected chi connectivity index (χ1v) is 7.92. The van der Waals surface area contributed by atoms with Crippen molar-refractivity contribution in [3.63, 3.8) is 0 Å². The molecule has 1 amide bonds. The van der Waals surface area contributed by atoms with Crippen molar-refractivity contribution in [2.75, 3.05) is 5.75 Å². The summed E-state index contributed by atoms with van der Waals surface area (Å²) < 4.78 is 5.81. The Balaban J connectivity index is 1.99. The van der Waals surface area contributed by atoms with Crippen LogP contribution in [0.1, 0.15) is 5.76 Å². The Morgan fingerprint density at radius 1 is 1.45 bits per heavy atom. The van der Waals surface area contributed by atoms with Crippen LogP contribution in [0, 0.1) is 0 Å². The summed E-state index contributed by atoms with van der Waals surface area (Å²) in [5, 5.41) is 12.2. The molecule has 0 aliphatic carbocycles. The molecule has 2 aromatic rings. The Labute approximate surface area is 125 Å². The molecule has 1 N–H and O–H groups in total. The van der Waals surface area contributed by atoms with Crippen LogP contribution in [-0.2, 0) is 4.79 Å². The fourth-order valence-electron chi connectivity index (χ4n) is 1.63. The van der Waals surface area contributed by atoms with Gasteiger partial charge in [0.1, 0.15) is 0 Å². The maximum Gasteiger partial charge on any atom is 0.235 e. The third kappa shape index (κ3) is 2.86. The van der Waals surface area contributed by atoms with E-state index in [1.54, 1.807) is 0 Å². The first kappa shape index (κ1) is 13.2. The zero-order valence-corrected chi connectivity index (χ0v) is 12.5. The summed E-state index contributed by atoms with van der Waals surface area (Å²) in [6, 6.07) is 7.58. The monoisotopic (exact) mass is 352 g/mol. The molecule has 20 heavy (non-hydrogen) atoms. The average Bonchev–Trinajstić information content (AvgIpc) is 3.03. The number of nitrogens with zero attached hydrogens (tertiary/aromatic N) is 3. The average molecular weight is 353 g/mol. The predicted molar refractivity (Wildman–Crippen MR) is 81.3 cm³/mol. The largest absolute Gasteiger partial charge is 0.337 e. The van der Waals surface area contributed by atoms with Gasteiger partial charge < -0.3 is 9.84 Å². The zero-order valence-electron chi connectivity index (χ0n) is 10.1. The second-order valence-electron chi connectivity index (χ2n) is 3.93. The topological polar surface area (TPSA) is 80.4 Å². The molecule has 0 saturated carbocycles. The number of carbonyl (C=O) groups excluding carboxylic acids is 1. The third-order valence-corrected chi connectivity index (χ3v) is 4.94. The number of benzene rings is 1. The van der Waals surface area contributed by atoms with Crippen molar-refractivity contribution in [3.05, 3.63) is 40.7 Å². The Kier molecular flexibility index (Phi) is 3.75. The van der Waals surface area contributed by atoms with E-state index >= 15 is 0 Å². The molecule has 1 unspecified atom stereocenters. The van der Waals surface area contributed by atoms with Gasteiger partial charge in [-0.2, -0.15) is 0 Å². The van der Waals surface area contributed by atoms with Gasteiger partial charge >= 0.3 is 0 Å². The molecular formula is C12H9BrN4O2S. The number of amides is 1. The summed E-state index contributed by atoms with van der Waals surface area (Å²) in [5.41, 5.74) is 0.770. The van der Waals surface area contributed by atoms with Gasteiger partial charge in [-0.1, -0.05) is 12.1 Å². The first-order chi connectivity index (χ1) is 9.72. The van der Waals surface area contributed by atoms with Crippen molar-refractivity contribution >= 4 is 48.5 Å². The van der Waals surface area contributed by atoms with Gasteiger partial charge in [-0.05, 0) is 28.1 Å². The number of carbonyl (C=O) groups is 1. The Morgan fingerprint density at radius 2 is 2.30 bits per heavy atom.